The van der Waals surface area contributed by atoms with E-state index in [2.05, 4.69) is 5.32 Å². The maximum Gasteiger partial charge on any atom is 0.247 e. The maximum atomic E-state index is 12.1. The van der Waals surface area contributed by atoms with Crippen molar-refractivity contribution in [1.82, 2.24) is 5.06 Å². The van der Waals surface area contributed by atoms with Crippen molar-refractivity contribution < 1.29 is 4.79 Å². The van der Waals surface area contributed by atoms with Gasteiger partial charge in [0.2, 0.25) is 5.91 Å². The Kier molecular flexibility index (Phi) is 3.38. The number of nitrogens with one attached hydrogen (secondary N) is 1. The van der Waals surface area contributed by atoms with Crippen LogP contribution in [0.5, 0.6) is 0 Å². The van der Waals surface area contributed by atoms with Crippen LogP contribution in [0.1, 0.15) is 22.1 Å². The minimum atomic E-state index is -0.673. The minimum absolute atomic E-state index is 0.416. The Morgan fingerprint density at radius 2 is 1.85 bits per heavy atom. The molecule has 3 rings (SSSR count). The first kappa shape index (κ1) is 13.0. The van der Waals surface area contributed by atoms with Crippen molar-refractivity contribution >= 4 is 23.4 Å². The summed E-state index contributed by atoms with van der Waals surface area (Å²) < 4.78 is 0. The Labute approximate surface area is 121 Å². The van der Waals surface area contributed by atoms with E-state index in [9.17, 15) is 10.0 Å². The SMILES string of the molecule is CSc1ccc(C2Nc3ccccc3C(=O)N2[O-])cc1. The molecule has 0 saturated heterocycles. The second-order valence-electron chi connectivity index (χ2n) is 4.50. The van der Waals surface area contributed by atoms with E-state index in [1.54, 1.807) is 23.9 Å². The molecule has 1 aliphatic rings. The number of hydrogen-bond donors (Lipinski definition) is 1. The number of nitrogens with zero attached hydrogens (tertiary/aromatic N) is 1. The zero-order valence-electron chi connectivity index (χ0n) is 10.9. The van der Waals surface area contributed by atoms with Gasteiger partial charge in [0.15, 0.2) is 0 Å². The lowest BCUT2D eigenvalue weighted by molar-refractivity contribution is 0.0771. The molecule has 1 aliphatic heterocycles. The average molecular weight is 285 g/mol. The average Bonchev–Trinajstić information content (AvgIpc) is 2.51. The Hall–Kier alpha value is -1.98. The predicted octanol–water partition coefficient (Wildman–Crippen LogP) is 3.47. The highest BCUT2D eigenvalue weighted by Gasteiger charge is 2.26. The van der Waals surface area contributed by atoms with Gasteiger partial charge in [0.05, 0.1) is 5.56 Å². The van der Waals surface area contributed by atoms with Gasteiger partial charge in [-0.3, -0.25) is 4.79 Å². The lowest BCUT2D eigenvalue weighted by atomic mass is 10.1. The monoisotopic (exact) mass is 285 g/mol. The molecule has 5 heteroatoms. The molecular weight excluding hydrogens is 272 g/mol. The standard InChI is InChI=1S/C15H13N2O2S/c1-20-11-8-6-10(7-9-11)14-16-13-5-3-2-4-12(13)15(18)17(14)19/h2-9,14,16H,1H3/q-1. The normalized spacial score (nSPS) is 17.6. The summed E-state index contributed by atoms with van der Waals surface area (Å²) in [6.07, 6.45) is 1.32. The maximum absolute atomic E-state index is 12.1. The number of hydrogen-bond acceptors (Lipinski definition) is 4. The summed E-state index contributed by atoms with van der Waals surface area (Å²) in [6, 6.07) is 14.7. The molecule has 1 heterocycles. The third kappa shape index (κ3) is 2.15. The van der Waals surface area contributed by atoms with E-state index < -0.39 is 12.1 Å². The lowest BCUT2D eigenvalue weighted by Gasteiger charge is -2.42. The van der Waals surface area contributed by atoms with Crippen LogP contribution < -0.4 is 5.32 Å². The summed E-state index contributed by atoms with van der Waals surface area (Å²) >= 11 is 1.63. The van der Waals surface area contributed by atoms with Crippen LogP contribution in [0.25, 0.3) is 0 Å². The van der Waals surface area contributed by atoms with E-state index in [4.69, 9.17) is 0 Å². The predicted molar refractivity (Wildman–Crippen MR) is 80.6 cm³/mol. The number of anilines is 1. The van der Waals surface area contributed by atoms with Crippen molar-refractivity contribution in [2.75, 3.05) is 11.6 Å². The van der Waals surface area contributed by atoms with E-state index in [-0.39, 0.29) is 0 Å². The molecule has 0 aromatic heterocycles. The molecule has 0 bridgehead atoms. The molecule has 4 nitrogen and oxygen atoms in total. The Balaban J connectivity index is 1.97. The molecule has 0 saturated carbocycles. The zero-order valence-corrected chi connectivity index (χ0v) is 11.7. The molecule has 0 aliphatic carbocycles. The smallest absolute Gasteiger partial charge is 0.247 e. The fraction of sp³-hybridized carbons (Fsp3) is 0.133. The van der Waals surface area contributed by atoms with Crippen LogP contribution in [0.3, 0.4) is 0 Å². The van der Waals surface area contributed by atoms with Crippen LogP contribution in [0, 0.1) is 5.21 Å². The van der Waals surface area contributed by atoms with Gasteiger partial charge in [-0.2, -0.15) is 0 Å². The fourth-order valence-corrected chi connectivity index (χ4v) is 2.65. The van der Waals surface area contributed by atoms with Gasteiger partial charge >= 0.3 is 0 Å². The zero-order chi connectivity index (χ0) is 14.1. The molecule has 2 aromatic carbocycles. The van der Waals surface area contributed by atoms with Crippen LogP contribution in [0.4, 0.5) is 5.69 Å². The molecule has 0 spiro atoms. The van der Waals surface area contributed by atoms with Gasteiger partial charge in [-0.15, -0.1) is 11.8 Å². The molecule has 2 aromatic rings. The van der Waals surface area contributed by atoms with Gasteiger partial charge < -0.3 is 15.6 Å². The molecule has 1 atom stereocenters. The first-order valence-corrected chi connectivity index (χ1v) is 7.43. The van der Waals surface area contributed by atoms with Gasteiger partial charge in [-0.1, -0.05) is 24.3 Å². The Morgan fingerprint density at radius 1 is 1.15 bits per heavy atom. The second-order valence-corrected chi connectivity index (χ2v) is 5.38. The van der Waals surface area contributed by atoms with Crippen LogP contribution in [0.2, 0.25) is 0 Å². The first-order valence-electron chi connectivity index (χ1n) is 6.21. The van der Waals surface area contributed by atoms with E-state index in [1.807, 2.05) is 42.7 Å². The van der Waals surface area contributed by atoms with Crippen LogP contribution in [0.15, 0.2) is 53.4 Å². The van der Waals surface area contributed by atoms with E-state index in [0.29, 0.717) is 16.3 Å². The number of thioether (sulfide) groups is 1. The number of carbonyl (C=O) groups excluding carboxylic acids is 1. The quantitative estimate of drug-likeness (QED) is 0.858. The van der Waals surface area contributed by atoms with Gasteiger partial charge in [0.25, 0.3) is 0 Å². The van der Waals surface area contributed by atoms with Gasteiger partial charge in [-0.25, -0.2) is 0 Å². The van der Waals surface area contributed by atoms with Crippen molar-refractivity contribution in [3.8, 4) is 0 Å². The third-order valence-corrected chi connectivity index (χ3v) is 4.06. The highest BCUT2D eigenvalue weighted by molar-refractivity contribution is 7.98. The number of benzene rings is 2. The first-order chi connectivity index (χ1) is 9.70. The number of amides is 1. The van der Waals surface area contributed by atoms with Crippen molar-refractivity contribution in [3.63, 3.8) is 0 Å². The molecule has 1 unspecified atom stereocenters. The van der Waals surface area contributed by atoms with Gasteiger partial charge in [0.1, 0.15) is 6.17 Å². The van der Waals surface area contributed by atoms with Gasteiger partial charge in [0, 0.05) is 10.6 Å². The topological polar surface area (TPSA) is 55.4 Å². The molecule has 20 heavy (non-hydrogen) atoms. The number of para-hydroxylation sites is 1. The highest BCUT2D eigenvalue weighted by atomic mass is 32.2. The summed E-state index contributed by atoms with van der Waals surface area (Å²) in [4.78, 5) is 13.2. The van der Waals surface area contributed by atoms with E-state index >= 15 is 0 Å². The lowest BCUT2D eigenvalue weighted by Crippen LogP contribution is -2.38. The number of hydroxylamine groups is 2. The number of carbonyl (C=O) groups is 1. The summed E-state index contributed by atoms with van der Waals surface area (Å²) in [5.41, 5.74) is 1.89. The largest absolute Gasteiger partial charge is 0.754 e. The Morgan fingerprint density at radius 3 is 2.55 bits per heavy atom. The van der Waals surface area contributed by atoms with Crippen molar-refractivity contribution in [2.24, 2.45) is 0 Å². The molecular formula is C15H13N2O2S-. The third-order valence-electron chi connectivity index (χ3n) is 3.32. The van der Waals surface area contributed by atoms with Crippen LogP contribution >= 0.6 is 11.8 Å². The van der Waals surface area contributed by atoms with Crippen molar-refractivity contribution in [1.29, 1.82) is 0 Å². The van der Waals surface area contributed by atoms with Crippen molar-refractivity contribution in [2.45, 2.75) is 11.1 Å². The highest BCUT2D eigenvalue weighted by Crippen LogP contribution is 2.32. The molecule has 0 radical (unpaired) electrons. The summed E-state index contributed by atoms with van der Waals surface area (Å²) in [7, 11) is 0. The van der Waals surface area contributed by atoms with E-state index in [1.165, 1.54) is 0 Å². The molecule has 1 amide bonds. The Bertz CT molecular complexity index is 643. The summed E-state index contributed by atoms with van der Waals surface area (Å²) in [5.74, 6) is -0.502. The van der Waals surface area contributed by atoms with E-state index in [0.717, 1.165) is 10.5 Å². The minimum Gasteiger partial charge on any atom is -0.754 e. The summed E-state index contributed by atoms with van der Waals surface area (Å²) in [5, 5.41) is 15.8. The van der Waals surface area contributed by atoms with Crippen molar-refractivity contribution in [3.05, 3.63) is 64.9 Å². The molecule has 102 valence electrons. The van der Waals surface area contributed by atoms with Crippen LogP contribution in [-0.4, -0.2) is 17.2 Å². The molecule has 1 N–H and O–H groups in total. The summed E-state index contributed by atoms with van der Waals surface area (Å²) in [6.45, 7) is 0. The van der Waals surface area contributed by atoms with Gasteiger partial charge in [-0.05, 0) is 36.1 Å². The number of rotatable bonds is 2. The second kappa shape index (κ2) is 5.19. The molecule has 0 fully saturated rings. The number of fused-ring (bicyclic) bond motifs is 1. The fourth-order valence-electron chi connectivity index (χ4n) is 2.24. The van der Waals surface area contributed by atoms with Crippen LogP contribution in [-0.2, 0) is 0 Å².